The quantitative estimate of drug-likeness (QED) is 0.716. The number of piperidine rings is 1. The third-order valence-electron chi connectivity index (χ3n) is 4.34. The van der Waals surface area contributed by atoms with Crippen molar-refractivity contribution in [3.05, 3.63) is 52.0 Å². The fraction of sp³-hybridized carbons (Fsp3) is 0.278. The summed E-state index contributed by atoms with van der Waals surface area (Å²) in [4.78, 5) is 12.6. The lowest BCUT2D eigenvalue weighted by atomic mass is 10.2. The molecule has 1 aliphatic rings. The third kappa shape index (κ3) is 4.38. The standard InChI is InChI=1S/C18H18Cl2N2O4S/c19-14-10-16(17(23)11-15(14)20)21-18(24)12-5-4-6-13(9-12)27(25,26)22-7-2-1-3-8-22/h4-6,9-11,23H,1-3,7-8H2,(H,21,24). The van der Waals surface area contributed by atoms with Gasteiger partial charge in [0.15, 0.2) is 0 Å². The van der Waals surface area contributed by atoms with E-state index in [1.54, 1.807) is 0 Å². The number of amides is 1. The lowest BCUT2D eigenvalue weighted by Gasteiger charge is -2.26. The van der Waals surface area contributed by atoms with Crippen LogP contribution in [0.4, 0.5) is 5.69 Å². The first-order valence-corrected chi connectivity index (χ1v) is 10.6. The van der Waals surface area contributed by atoms with E-state index < -0.39 is 15.9 Å². The lowest BCUT2D eigenvalue weighted by Crippen LogP contribution is -2.35. The number of phenolic OH excluding ortho intramolecular Hbond substituents is 1. The van der Waals surface area contributed by atoms with Gasteiger partial charge in [-0.05, 0) is 37.1 Å². The van der Waals surface area contributed by atoms with Crippen molar-refractivity contribution >= 4 is 44.8 Å². The SMILES string of the molecule is O=C(Nc1cc(Cl)c(Cl)cc1O)c1cccc(S(=O)(=O)N2CCCCC2)c1. The van der Waals surface area contributed by atoms with Crippen molar-refractivity contribution in [1.29, 1.82) is 0 Å². The third-order valence-corrected chi connectivity index (χ3v) is 6.95. The number of nitrogens with zero attached hydrogens (tertiary/aromatic N) is 1. The summed E-state index contributed by atoms with van der Waals surface area (Å²) in [5.74, 6) is -0.811. The van der Waals surface area contributed by atoms with Crippen LogP contribution in [0.2, 0.25) is 10.0 Å². The Kier molecular flexibility index (Phi) is 5.95. The number of aromatic hydroxyl groups is 1. The zero-order valence-corrected chi connectivity index (χ0v) is 16.6. The first kappa shape index (κ1) is 19.9. The number of carbonyl (C=O) groups excluding carboxylic acids is 1. The molecule has 144 valence electrons. The van der Waals surface area contributed by atoms with Crippen LogP contribution in [0.25, 0.3) is 0 Å². The molecule has 0 aromatic heterocycles. The van der Waals surface area contributed by atoms with Crippen molar-refractivity contribution in [2.24, 2.45) is 0 Å². The average molecular weight is 429 g/mol. The molecule has 2 N–H and O–H groups in total. The van der Waals surface area contributed by atoms with Gasteiger partial charge < -0.3 is 10.4 Å². The van der Waals surface area contributed by atoms with Gasteiger partial charge in [0.25, 0.3) is 5.91 Å². The Morgan fingerprint density at radius 2 is 1.70 bits per heavy atom. The predicted octanol–water partition coefficient (Wildman–Crippen LogP) is 4.13. The minimum atomic E-state index is -3.65. The van der Waals surface area contributed by atoms with E-state index in [2.05, 4.69) is 5.32 Å². The molecule has 2 aromatic rings. The van der Waals surface area contributed by atoms with Gasteiger partial charge in [-0.2, -0.15) is 4.31 Å². The second-order valence-electron chi connectivity index (χ2n) is 6.23. The highest BCUT2D eigenvalue weighted by atomic mass is 35.5. The molecule has 27 heavy (non-hydrogen) atoms. The van der Waals surface area contributed by atoms with E-state index in [1.807, 2.05) is 0 Å². The average Bonchev–Trinajstić information content (AvgIpc) is 2.67. The van der Waals surface area contributed by atoms with Gasteiger partial charge in [-0.1, -0.05) is 35.7 Å². The van der Waals surface area contributed by atoms with Crippen LogP contribution in [-0.4, -0.2) is 36.8 Å². The van der Waals surface area contributed by atoms with Crippen LogP contribution in [0.1, 0.15) is 29.6 Å². The zero-order valence-electron chi connectivity index (χ0n) is 14.3. The minimum Gasteiger partial charge on any atom is -0.506 e. The van der Waals surface area contributed by atoms with Crippen molar-refractivity contribution in [3.8, 4) is 5.75 Å². The number of sulfonamides is 1. The van der Waals surface area contributed by atoms with Crippen LogP contribution in [0.5, 0.6) is 5.75 Å². The highest BCUT2D eigenvalue weighted by Gasteiger charge is 2.26. The molecule has 1 heterocycles. The molecule has 6 nitrogen and oxygen atoms in total. The topological polar surface area (TPSA) is 86.7 Å². The van der Waals surface area contributed by atoms with E-state index in [-0.39, 0.29) is 31.9 Å². The van der Waals surface area contributed by atoms with Crippen LogP contribution in [0, 0.1) is 0 Å². The molecule has 0 saturated carbocycles. The number of nitrogens with one attached hydrogen (secondary N) is 1. The number of hydrogen-bond acceptors (Lipinski definition) is 4. The number of benzene rings is 2. The maximum absolute atomic E-state index is 12.8. The molecule has 1 aliphatic heterocycles. The number of carbonyl (C=O) groups is 1. The number of rotatable bonds is 4. The van der Waals surface area contributed by atoms with Gasteiger partial charge in [0.1, 0.15) is 5.75 Å². The number of hydrogen-bond donors (Lipinski definition) is 2. The van der Waals surface area contributed by atoms with E-state index in [4.69, 9.17) is 23.2 Å². The molecule has 0 spiro atoms. The molecule has 1 amide bonds. The second kappa shape index (κ2) is 8.06. The van der Waals surface area contributed by atoms with Crippen LogP contribution in [0.15, 0.2) is 41.3 Å². The largest absolute Gasteiger partial charge is 0.506 e. The van der Waals surface area contributed by atoms with Gasteiger partial charge in [0, 0.05) is 24.7 Å². The van der Waals surface area contributed by atoms with Crippen molar-refractivity contribution < 1.29 is 18.3 Å². The molecule has 1 saturated heterocycles. The summed E-state index contributed by atoms with van der Waals surface area (Å²) in [6.45, 7) is 0.964. The van der Waals surface area contributed by atoms with Crippen molar-refractivity contribution in [1.82, 2.24) is 4.31 Å². The Balaban J connectivity index is 1.85. The summed E-state index contributed by atoms with van der Waals surface area (Å²) < 4.78 is 27.0. The van der Waals surface area contributed by atoms with Crippen molar-refractivity contribution in [3.63, 3.8) is 0 Å². The Morgan fingerprint density at radius 1 is 1.04 bits per heavy atom. The van der Waals surface area contributed by atoms with Crippen LogP contribution >= 0.6 is 23.2 Å². The molecule has 0 atom stereocenters. The van der Waals surface area contributed by atoms with E-state index in [9.17, 15) is 18.3 Å². The molecule has 1 fully saturated rings. The first-order chi connectivity index (χ1) is 12.8. The molecule has 0 bridgehead atoms. The minimum absolute atomic E-state index is 0.0652. The molecule has 0 unspecified atom stereocenters. The molecule has 3 rings (SSSR count). The normalized spacial score (nSPS) is 15.5. The summed E-state index contributed by atoms with van der Waals surface area (Å²) >= 11 is 11.7. The summed E-state index contributed by atoms with van der Waals surface area (Å²) in [6, 6.07) is 8.35. The van der Waals surface area contributed by atoms with E-state index in [0.29, 0.717) is 13.1 Å². The molecule has 0 radical (unpaired) electrons. The molecule has 0 aliphatic carbocycles. The number of phenols is 1. The monoisotopic (exact) mass is 428 g/mol. The van der Waals surface area contributed by atoms with Crippen molar-refractivity contribution in [2.75, 3.05) is 18.4 Å². The fourth-order valence-electron chi connectivity index (χ4n) is 2.88. The smallest absolute Gasteiger partial charge is 0.255 e. The second-order valence-corrected chi connectivity index (χ2v) is 8.98. The Bertz CT molecular complexity index is 973. The lowest BCUT2D eigenvalue weighted by molar-refractivity contribution is 0.102. The van der Waals surface area contributed by atoms with Gasteiger partial charge in [-0.3, -0.25) is 4.79 Å². The van der Waals surface area contributed by atoms with Crippen LogP contribution in [0.3, 0.4) is 0 Å². The molecular weight excluding hydrogens is 411 g/mol. The van der Waals surface area contributed by atoms with Gasteiger partial charge >= 0.3 is 0 Å². The number of anilines is 1. The Hall–Kier alpha value is -1.80. The van der Waals surface area contributed by atoms with Gasteiger partial charge in [0.05, 0.1) is 20.6 Å². The van der Waals surface area contributed by atoms with Gasteiger partial charge in [-0.25, -0.2) is 8.42 Å². The Labute approximate surface area is 167 Å². The Morgan fingerprint density at radius 3 is 2.41 bits per heavy atom. The van der Waals surface area contributed by atoms with Crippen LogP contribution < -0.4 is 5.32 Å². The van der Waals surface area contributed by atoms with Crippen LogP contribution in [-0.2, 0) is 10.0 Å². The van der Waals surface area contributed by atoms with Crippen molar-refractivity contribution in [2.45, 2.75) is 24.2 Å². The predicted molar refractivity (Wildman–Crippen MR) is 105 cm³/mol. The first-order valence-electron chi connectivity index (χ1n) is 8.38. The molecular formula is C18H18Cl2N2O4S. The summed E-state index contributed by atoms with van der Waals surface area (Å²) in [5.41, 5.74) is 0.234. The highest BCUT2D eigenvalue weighted by Crippen LogP contribution is 2.33. The summed E-state index contributed by atoms with van der Waals surface area (Å²) in [6.07, 6.45) is 2.67. The van der Waals surface area contributed by atoms with E-state index in [0.717, 1.165) is 19.3 Å². The maximum Gasteiger partial charge on any atom is 0.255 e. The highest BCUT2D eigenvalue weighted by molar-refractivity contribution is 7.89. The number of halogens is 2. The zero-order chi connectivity index (χ0) is 19.6. The van der Waals surface area contributed by atoms with E-state index >= 15 is 0 Å². The van der Waals surface area contributed by atoms with Gasteiger partial charge in [0.2, 0.25) is 10.0 Å². The van der Waals surface area contributed by atoms with Gasteiger partial charge in [-0.15, -0.1) is 0 Å². The summed E-state index contributed by atoms with van der Waals surface area (Å²) in [5, 5.41) is 12.7. The van der Waals surface area contributed by atoms with E-state index in [1.165, 1.54) is 40.7 Å². The molecule has 2 aromatic carbocycles. The maximum atomic E-state index is 12.8. The fourth-order valence-corrected chi connectivity index (χ4v) is 4.77. The molecule has 9 heteroatoms. The summed E-state index contributed by atoms with van der Waals surface area (Å²) in [7, 11) is -3.65.